The van der Waals surface area contributed by atoms with Gasteiger partial charge >= 0.3 is 12.3 Å². The molecule has 2 aromatic carbocycles. The number of fused-ring (bicyclic) bond motifs is 3. The molecule has 5 aromatic rings. The summed E-state index contributed by atoms with van der Waals surface area (Å²) in [6.45, 7) is 7.69. The Morgan fingerprint density at radius 1 is 0.845 bits per heavy atom. The Hall–Kier alpha value is -5.15. The normalized spacial score (nSPS) is 16.8. The first kappa shape index (κ1) is 41.0. The van der Waals surface area contributed by atoms with Crippen molar-refractivity contribution < 1.29 is 36.6 Å². The molecular weight excluding hydrogens is 801 g/mol. The number of aryl methyl sites for hydroxylation is 1. The van der Waals surface area contributed by atoms with Crippen molar-refractivity contribution in [1.82, 2.24) is 24.8 Å². The summed E-state index contributed by atoms with van der Waals surface area (Å²) in [6.07, 6.45) is -4.01. The Labute approximate surface area is 342 Å². The maximum absolute atomic E-state index is 17.0. The number of carbonyl (C=O) groups excluding carboxylic acids is 1. The van der Waals surface area contributed by atoms with Crippen LogP contribution in [0.15, 0.2) is 54.6 Å². The number of ether oxygens (including phenoxy) is 3. The van der Waals surface area contributed by atoms with Crippen molar-refractivity contribution in [1.29, 1.82) is 0 Å². The molecule has 2 aliphatic heterocycles. The maximum atomic E-state index is 17.0. The Balaban J connectivity index is 1.32. The van der Waals surface area contributed by atoms with Crippen LogP contribution in [0, 0.1) is 12.7 Å². The van der Waals surface area contributed by atoms with Gasteiger partial charge < -0.3 is 24.0 Å². The molecule has 0 saturated carbocycles. The minimum atomic E-state index is -4.96. The van der Waals surface area contributed by atoms with Gasteiger partial charge in [0.15, 0.2) is 5.82 Å². The zero-order valence-electron chi connectivity index (χ0n) is 32.6. The summed E-state index contributed by atoms with van der Waals surface area (Å²) >= 11 is 13.2. The highest BCUT2D eigenvalue weighted by Crippen LogP contribution is 2.44. The number of amides is 1. The summed E-state index contributed by atoms with van der Waals surface area (Å²) in [6, 6.07) is 15.3. The van der Waals surface area contributed by atoms with Crippen LogP contribution in [0.5, 0.6) is 11.5 Å². The third-order valence-electron chi connectivity index (χ3n) is 10.2. The van der Waals surface area contributed by atoms with E-state index in [4.69, 9.17) is 37.4 Å². The van der Waals surface area contributed by atoms with Crippen LogP contribution in [0.25, 0.3) is 22.3 Å². The molecule has 2 atom stereocenters. The molecule has 58 heavy (non-hydrogen) atoms. The first-order valence-electron chi connectivity index (χ1n) is 18.5. The Morgan fingerprint density at radius 3 is 1.90 bits per heavy atom. The van der Waals surface area contributed by atoms with Crippen LogP contribution < -0.4 is 19.3 Å². The van der Waals surface area contributed by atoms with E-state index in [-0.39, 0.29) is 71.3 Å². The molecule has 2 fully saturated rings. The summed E-state index contributed by atoms with van der Waals surface area (Å²) < 4.78 is 78.3. The zero-order valence-corrected chi connectivity index (χ0v) is 34.1. The van der Waals surface area contributed by atoms with Crippen LogP contribution in [-0.2, 0) is 24.0 Å². The molecule has 0 N–H and O–H groups in total. The fourth-order valence-electron chi connectivity index (χ4n) is 7.63. The smallest absolute Gasteiger partial charge is 0.418 e. The van der Waals surface area contributed by atoms with E-state index in [9.17, 15) is 18.0 Å². The second-order valence-corrected chi connectivity index (χ2v) is 16.0. The van der Waals surface area contributed by atoms with Gasteiger partial charge in [-0.05, 0) is 99.2 Å². The van der Waals surface area contributed by atoms with E-state index < -0.39 is 46.2 Å². The van der Waals surface area contributed by atoms with Gasteiger partial charge in [0.25, 0.3) is 0 Å². The third kappa shape index (κ3) is 8.37. The number of methoxy groups -OCH3 is 2. The molecule has 0 radical (unpaired) electrons. The standard InChI is InChI=1S/C41H41Cl2F4N7O4/c1-22-17-29(52(18-23-7-13-27(56-5)14-8-23)19-24-9-15-28(57-6)16-10-24)48-34(31(22)41(45,46)47)35-32(44)33-30(36(42)49-35)37(51-38(43)50-33)53-20-25-11-12-26(21-53)54(25)39(55)58-40(2,3)4/h7-10,13-17,25-26H,11-12,18-21H2,1-6H3/t25-,26+. The van der Waals surface area contributed by atoms with E-state index in [1.165, 1.54) is 13.0 Å². The summed E-state index contributed by atoms with van der Waals surface area (Å²) in [5, 5.41) is -0.721. The number of piperazine rings is 1. The fourth-order valence-corrected chi connectivity index (χ4v) is 8.05. The molecule has 5 heterocycles. The molecule has 1 amide bonds. The summed E-state index contributed by atoms with van der Waals surface area (Å²) in [4.78, 5) is 35.8. The van der Waals surface area contributed by atoms with Crippen molar-refractivity contribution in [3.63, 3.8) is 0 Å². The minimum Gasteiger partial charge on any atom is -0.497 e. The lowest BCUT2D eigenvalue weighted by atomic mass is 10.0. The number of aromatic nitrogens is 4. The number of anilines is 2. The highest BCUT2D eigenvalue weighted by molar-refractivity contribution is 6.36. The molecule has 306 valence electrons. The largest absolute Gasteiger partial charge is 0.497 e. The van der Waals surface area contributed by atoms with Crippen molar-refractivity contribution in [2.75, 3.05) is 37.1 Å². The van der Waals surface area contributed by atoms with Gasteiger partial charge in [-0.2, -0.15) is 18.2 Å². The van der Waals surface area contributed by atoms with Crippen LogP contribution in [0.4, 0.5) is 34.0 Å². The highest BCUT2D eigenvalue weighted by atomic mass is 35.5. The highest BCUT2D eigenvalue weighted by Gasteiger charge is 2.45. The second kappa shape index (κ2) is 15.9. The zero-order chi connectivity index (χ0) is 41.7. The number of hydrogen-bond donors (Lipinski definition) is 0. The predicted molar refractivity (Wildman–Crippen MR) is 213 cm³/mol. The molecule has 0 unspecified atom stereocenters. The maximum Gasteiger partial charge on any atom is 0.418 e. The van der Waals surface area contributed by atoms with Gasteiger partial charge in [0.05, 0.1) is 37.3 Å². The molecule has 2 bridgehead atoms. The van der Waals surface area contributed by atoms with E-state index >= 15 is 4.39 Å². The lowest BCUT2D eigenvalue weighted by molar-refractivity contribution is -0.137. The average molecular weight is 843 g/mol. The number of pyridine rings is 2. The van der Waals surface area contributed by atoms with Crippen LogP contribution in [-0.4, -0.2) is 75.9 Å². The minimum absolute atomic E-state index is 0.0282. The molecule has 11 nitrogen and oxygen atoms in total. The molecule has 2 saturated heterocycles. The number of halogens is 6. The number of alkyl halides is 3. The molecule has 0 aliphatic carbocycles. The third-order valence-corrected chi connectivity index (χ3v) is 10.6. The van der Waals surface area contributed by atoms with Crippen LogP contribution in [0.2, 0.25) is 10.4 Å². The van der Waals surface area contributed by atoms with Crippen molar-refractivity contribution in [2.24, 2.45) is 0 Å². The van der Waals surface area contributed by atoms with Gasteiger partial charge in [-0.1, -0.05) is 35.9 Å². The molecule has 17 heteroatoms. The Morgan fingerprint density at radius 2 is 1.40 bits per heavy atom. The van der Waals surface area contributed by atoms with Crippen molar-refractivity contribution in [2.45, 2.75) is 77.5 Å². The van der Waals surface area contributed by atoms with Crippen molar-refractivity contribution >= 4 is 51.8 Å². The van der Waals surface area contributed by atoms with Crippen molar-refractivity contribution in [3.05, 3.63) is 93.1 Å². The monoisotopic (exact) mass is 841 g/mol. The van der Waals surface area contributed by atoms with Gasteiger partial charge in [0.1, 0.15) is 50.8 Å². The van der Waals surface area contributed by atoms with Crippen molar-refractivity contribution in [3.8, 4) is 22.9 Å². The van der Waals surface area contributed by atoms with Gasteiger partial charge in [-0.25, -0.2) is 24.1 Å². The van der Waals surface area contributed by atoms with Crippen LogP contribution >= 0.6 is 23.2 Å². The van der Waals surface area contributed by atoms with Crippen LogP contribution in [0.3, 0.4) is 0 Å². The predicted octanol–water partition coefficient (Wildman–Crippen LogP) is 9.67. The lowest BCUT2D eigenvalue weighted by Crippen LogP contribution is -2.57. The number of nitrogens with zero attached hydrogens (tertiary/aromatic N) is 7. The first-order chi connectivity index (χ1) is 27.4. The SMILES string of the molecule is COc1ccc(CN(Cc2ccc(OC)cc2)c2cc(C)c(C(F)(F)F)c(-c3nc(Cl)c4c(N5C[C@H]6CC[C@@H](C5)N6C(=O)OC(C)(C)C)nc(Cl)nc4c3F)n2)cc1. The van der Waals surface area contributed by atoms with E-state index in [0.717, 1.165) is 11.1 Å². The van der Waals surface area contributed by atoms with E-state index in [1.54, 1.807) is 69.1 Å². The topological polar surface area (TPSA) is 106 Å². The lowest BCUT2D eigenvalue weighted by Gasteiger charge is -2.42. The van der Waals surface area contributed by atoms with Gasteiger partial charge in [0.2, 0.25) is 5.28 Å². The molecule has 0 spiro atoms. The summed E-state index contributed by atoms with van der Waals surface area (Å²) in [5.41, 5.74) is -2.39. The van der Waals surface area contributed by atoms with Gasteiger partial charge in [0, 0.05) is 26.2 Å². The fraction of sp³-hybridized carbons (Fsp3) is 0.390. The molecule has 3 aromatic heterocycles. The average Bonchev–Trinajstić information content (AvgIpc) is 3.43. The number of carbonyl (C=O) groups is 1. The Kier molecular flexibility index (Phi) is 11.2. The Bertz CT molecular complexity index is 2280. The van der Waals surface area contributed by atoms with E-state index in [1.807, 2.05) is 29.2 Å². The van der Waals surface area contributed by atoms with E-state index in [0.29, 0.717) is 24.3 Å². The quantitative estimate of drug-likeness (QED) is 0.0810. The number of benzene rings is 2. The van der Waals surface area contributed by atoms with Gasteiger partial charge in [-0.3, -0.25) is 4.90 Å². The van der Waals surface area contributed by atoms with E-state index in [2.05, 4.69) is 19.9 Å². The summed E-state index contributed by atoms with van der Waals surface area (Å²) in [7, 11) is 3.10. The number of rotatable bonds is 9. The van der Waals surface area contributed by atoms with Crippen LogP contribution in [0.1, 0.15) is 55.9 Å². The second-order valence-electron chi connectivity index (χ2n) is 15.4. The van der Waals surface area contributed by atoms with Gasteiger partial charge in [-0.15, -0.1) is 0 Å². The molecule has 2 aliphatic rings. The first-order valence-corrected chi connectivity index (χ1v) is 19.3. The molecule has 7 rings (SSSR count). The summed E-state index contributed by atoms with van der Waals surface area (Å²) in [5.74, 6) is 0.343. The number of hydrogen-bond acceptors (Lipinski definition) is 10. The molecular formula is C41H41Cl2F4N7O4.